The van der Waals surface area contributed by atoms with Crippen LogP contribution in [0.2, 0.25) is 0 Å². The van der Waals surface area contributed by atoms with Gasteiger partial charge in [-0.25, -0.2) is 0 Å². The minimum Gasteiger partial charge on any atom is -0.391 e. The Hall–Kier alpha value is -0.590. The average Bonchev–Trinajstić information content (AvgIpc) is 3.08. The Morgan fingerprint density at radius 1 is 1.32 bits per heavy atom. The molecule has 106 valence electrons. The van der Waals surface area contributed by atoms with Gasteiger partial charge in [0.25, 0.3) is 0 Å². The molecule has 2 aliphatic rings. The molecule has 1 N–H and O–H groups in total. The topological polar surface area (TPSA) is 68.4 Å². The van der Waals surface area contributed by atoms with Crippen molar-refractivity contribution >= 4 is 11.8 Å². The molecule has 2 atom stereocenters. The van der Waals surface area contributed by atoms with Crippen molar-refractivity contribution in [3.63, 3.8) is 0 Å². The van der Waals surface area contributed by atoms with Crippen LogP contribution in [0.25, 0.3) is 0 Å². The van der Waals surface area contributed by atoms with Crippen molar-refractivity contribution in [2.45, 2.75) is 49.7 Å². The van der Waals surface area contributed by atoms with E-state index in [2.05, 4.69) is 10.1 Å². The Bertz CT molecular complexity index is 431. The molecule has 2 fully saturated rings. The summed E-state index contributed by atoms with van der Waals surface area (Å²) in [5, 5.41) is 14.0. The largest absolute Gasteiger partial charge is 0.391 e. The second-order valence-corrected chi connectivity index (χ2v) is 6.50. The zero-order valence-corrected chi connectivity index (χ0v) is 12.0. The van der Waals surface area contributed by atoms with E-state index in [1.165, 1.54) is 6.42 Å². The number of nitrogens with zero attached hydrogens (tertiary/aromatic N) is 2. The number of ether oxygens (including phenoxy) is 1. The first-order valence-electron chi connectivity index (χ1n) is 6.90. The third-order valence-electron chi connectivity index (χ3n) is 4.27. The summed E-state index contributed by atoms with van der Waals surface area (Å²) in [5.41, 5.74) is -0.378. The van der Waals surface area contributed by atoms with Crippen LogP contribution in [0.1, 0.15) is 49.7 Å². The quantitative estimate of drug-likeness (QED) is 0.916. The van der Waals surface area contributed by atoms with Crippen LogP contribution in [-0.4, -0.2) is 40.0 Å². The van der Waals surface area contributed by atoms with Gasteiger partial charge in [0.15, 0.2) is 0 Å². The number of hydrogen-bond donors (Lipinski definition) is 1. The molecule has 1 aliphatic heterocycles. The molecular weight excluding hydrogens is 264 g/mol. The Morgan fingerprint density at radius 2 is 2.11 bits per heavy atom. The standard InChI is InChI=1S/C13H20N2O3S/c1-17-13(5-3-2-4-6-13)12-14-11(18-15-12)9-7-19-8-10(9)16/h9-10,16H,2-8H2,1H3. The van der Waals surface area contributed by atoms with Gasteiger partial charge in [0.1, 0.15) is 5.60 Å². The van der Waals surface area contributed by atoms with Crippen molar-refractivity contribution in [3.05, 3.63) is 11.7 Å². The molecule has 1 aromatic heterocycles. The first kappa shape index (κ1) is 13.4. The van der Waals surface area contributed by atoms with Gasteiger partial charge in [0.2, 0.25) is 11.7 Å². The van der Waals surface area contributed by atoms with Gasteiger partial charge in [-0.05, 0) is 12.8 Å². The van der Waals surface area contributed by atoms with Gasteiger partial charge in [-0.1, -0.05) is 24.4 Å². The summed E-state index contributed by atoms with van der Waals surface area (Å²) in [4.78, 5) is 4.53. The van der Waals surface area contributed by atoms with E-state index in [4.69, 9.17) is 9.26 Å². The molecule has 0 aromatic carbocycles. The lowest BCUT2D eigenvalue weighted by Crippen LogP contribution is -2.32. The molecule has 0 bridgehead atoms. The monoisotopic (exact) mass is 284 g/mol. The smallest absolute Gasteiger partial charge is 0.233 e. The lowest BCUT2D eigenvalue weighted by Gasteiger charge is -2.32. The SMILES string of the molecule is COC1(c2noc(C3CSCC3O)n2)CCCCC1. The number of aliphatic hydroxyl groups is 1. The fourth-order valence-corrected chi connectivity index (χ4v) is 4.22. The first-order chi connectivity index (χ1) is 9.25. The fourth-order valence-electron chi connectivity index (χ4n) is 2.99. The van der Waals surface area contributed by atoms with Crippen molar-refractivity contribution in [3.8, 4) is 0 Å². The lowest BCUT2D eigenvalue weighted by atomic mass is 9.84. The van der Waals surface area contributed by atoms with E-state index >= 15 is 0 Å². The maximum atomic E-state index is 9.90. The summed E-state index contributed by atoms with van der Waals surface area (Å²) >= 11 is 1.73. The zero-order chi connectivity index (χ0) is 13.3. The second-order valence-electron chi connectivity index (χ2n) is 5.43. The highest BCUT2D eigenvalue weighted by Gasteiger charge is 2.40. The van der Waals surface area contributed by atoms with Crippen molar-refractivity contribution < 1.29 is 14.4 Å². The van der Waals surface area contributed by atoms with Gasteiger partial charge < -0.3 is 14.4 Å². The number of hydrogen-bond acceptors (Lipinski definition) is 6. The van der Waals surface area contributed by atoms with Crippen LogP contribution >= 0.6 is 11.8 Å². The summed E-state index contributed by atoms with van der Waals surface area (Å²) in [7, 11) is 1.72. The van der Waals surface area contributed by atoms with Crippen molar-refractivity contribution in [1.82, 2.24) is 10.1 Å². The van der Waals surface area contributed by atoms with Gasteiger partial charge in [0.05, 0.1) is 12.0 Å². The van der Waals surface area contributed by atoms with Gasteiger partial charge in [-0.15, -0.1) is 0 Å². The average molecular weight is 284 g/mol. The van der Waals surface area contributed by atoms with Crippen LogP contribution in [0.5, 0.6) is 0 Å². The molecule has 0 amide bonds. The van der Waals surface area contributed by atoms with Gasteiger partial charge in [0, 0.05) is 18.6 Å². The highest BCUT2D eigenvalue weighted by molar-refractivity contribution is 7.99. The Morgan fingerprint density at radius 3 is 2.74 bits per heavy atom. The minimum absolute atomic E-state index is 0.0243. The molecule has 1 aromatic rings. The lowest BCUT2D eigenvalue weighted by molar-refractivity contribution is -0.0527. The molecule has 1 saturated heterocycles. The molecule has 2 heterocycles. The molecule has 1 saturated carbocycles. The molecule has 3 rings (SSSR count). The first-order valence-corrected chi connectivity index (χ1v) is 8.06. The maximum absolute atomic E-state index is 9.90. The summed E-state index contributed by atoms with van der Waals surface area (Å²) in [6, 6.07) is 0. The Kier molecular flexibility index (Phi) is 3.82. The van der Waals surface area contributed by atoms with E-state index in [-0.39, 0.29) is 17.6 Å². The van der Waals surface area contributed by atoms with Gasteiger partial charge in [-0.3, -0.25) is 0 Å². The zero-order valence-electron chi connectivity index (χ0n) is 11.2. The third kappa shape index (κ3) is 2.41. The van der Waals surface area contributed by atoms with E-state index < -0.39 is 0 Å². The fraction of sp³-hybridized carbons (Fsp3) is 0.846. The van der Waals surface area contributed by atoms with E-state index in [0.29, 0.717) is 11.7 Å². The number of thioether (sulfide) groups is 1. The van der Waals surface area contributed by atoms with Crippen molar-refractivity contribution in [1.29, 1.82) is 0 Å². The normalized spacial score (nSPS) is 30.6. The van der Waals surface area contributed by atoms with Crippen LogP contribution in [-0.2, 0) is 10.3 Å². The molecule has 19 heavy (non-hydrogen) atoms. The highest BCUT2D eigenvalue weighted by atomic mass is 32.2. The minimum atomic E-state index is -0.378. The predicted molar refractivity (Wildman–Crippen MR) is 72.1 cm³/mol. The highest BCUT2D eigenvalue weighted by Crippen LogP contribution is 2.40. The number of rotatable bonds is 3. The summed E-state index contributed by atoms with van der Waals surface area (Å²) in [6.07, 6.45) is 5.05. The maximum Gasteiger partial charge on any atom is 0.233 e. The molecular formula is C13H20N2O3S. The summed E-state index contributed by atoms with van der Waals surface area (Å²) < 4.78 is 11.1. The predicted octanol–water partition coefficient (Wildman–Crippen LogP) is 2.07. The molecule has 2 unspecified atom stereocenters. The van der Waals surface area contributed by atoms with Crippen molar-refractivity contribution in [2.24, 2.45) is 0 Å². The Labute approximate surface area is 117 Å². The van der Waals surface area contributed by atoms with Crippen LogP contribution in [0.15, 0.2) is 4.52 Å². The van der Waals surface area contributed by atoms with Gasteiger partial charge >= 0.3 is 0 Å². The Balaban J connectivity index is 1.83. The molecule has 5 nitrogen and oxygen atoms in total. The van der Waals surface area contributed by atoms with E-state index in [1.807, 2.05) is 0 Å². The molecule has 0 spiro atoms. The van der Waals surface area contributed by atoms with Crippen molar-refractivity contribution in [2.75, 3.05) is 18.6 Å². The van der Waals surface area contributed by atoms with E-state index in [0.717, 1.165) is 37.2 Å². The molecule has 6 heteroatoms. The van der Waals surface area contributed by atoms with Crippen LogP contribution in [0.4, 0.5) is 0 Å². The van der Waals surface area contributed by atoms with Crippen LogP contribution in [0.3, 0.4) is 0 Å². The van der Waals surface area contributed by atoms with E-state index in [9.17, 15) is 5.11 Å². The second kappa shape index (κ2) is 5.42. The molecule has 0 radical (unpaired) electrons. The number of methoxy groups -OCH3 is 1. The van der Waals surface area contributed by atoms with E-state index in [1.54, 1.807) is 18.9 Å². The van der Waals surface area contributed by atoms with Gasteiger partial charge in [-0.2, -0.15) is 16.7 Å². The molecule has 1 aliphatic carbocycles. The van der Waals surface area contributed by atoms with Crippen LogP contribution < -0.4 is 0 Å². The summed E-state index contributed by atoms with van der Waals surface area (Å²) in [6.45, 7) is 0. The number of aromatic nitrogens is 2. The third-order valence-corrected chi connectivity index (χ3v) is 5.44. The summed E-state index contributed by atoms with van der Waals surface area (Å²) in [5.74, 6) is 2.80. The number of aliphatic hydroxyl groups excluding tert-OH is 1. The van der Waals surface area contributed by atoms with Crippen LogP contribution in [0, 0.1) is 0 Å².